The molecule has 0 bridgehead atoms. The Morgan fingerprint density at radius 3 is 2.60 bits per heavy atom. The Kier molecular flexibility index (Phi) is 12.7. The lowest BCUT2D eigenvalue weighted by Crippen LogP contribution is -2.28. The first kappa shape index (κ1) is 25.8. The van der Waals surface area contributed by atoms with E-state index < -0.39 is 0 Å². The van der Waals surface area contributed by atoms with Crippen molar-refractivity contribution in [3.8, 4) is 0 Å². The van der Waals surface area contributed by atoms with Crippen LogP contribution in [-0.2, 0) is 4.74 Å². The Balaban J connectivity index is 0.000000487. The molecule has 0 radical (unpaired) electrons. The number of pyridine rings is 1. The summed E-state index contributed by atoms with van der Waals surface area (Å²) in [7, 11) is 1.72. The molecule has 30 heavy (non-hydrogen) atoms. The summed E-state index contributed by atoms with van der Waals surface area (Å²) in [6, 6.07) is 9.93. The van der Waals surface area contributed by atoms with Crippen molar-refractivity contribution in [1.29, 1.82) is 0 Å². The molecule has 0 aliphatic carbocycles. The number of hydrogen-bond acceptors (Lipinski definition) is 7. The van der Waals surface area contributed by atoms with Crippen LogP contribution in [0.1, 0.15) is 38.8 Å². The molecule has 2 heterocycles. The Morgan fingerprint density at radius 1 is 1.27 bits per heavy atom. The zero-order valence-electron chi connectivity index (χ0n) is 18.9. The van der Waals surface area contributed by atoms with E-state index in [9.17, 15) is 0 Å². The molecule has 1 atom stereocenters. The van der Waals surface area contributed by atoms with Gasteiger partial charge in [-0.3, -0.25) is 4.98 Å². The number of aliphatic hydroxyl groups excluding tert-OH is 1. The van der Waals surface area contributed by atoms with E-state index in [0.29, 0.717) is 5.92 Å². The summed E-state index contributed by atoms with van der Waals surface area (Å²) >= 11 is 1.69. The Hall–Kier alpha value is -2.22. The molecule has 1 unspecified atom stereocenters. The van der Waals surface area contributed by atoms with Gasteiger partial charge in [0.1, 0.15) is 12.2 Å². The van der Waals surface area contributed by atoms with Crippen LogP contribution < -0.4 is 16.0 Å². The minimum absolute atomic E-state index is 0.0679. The molecule has 0 saturated heterocycles. The second-order valence-electron chi connectivity index (χ2n) is 6.79. The lowest BCUT2D eigenvalue weighted by atomic mass is 10.2. The zero-order chi connectivity index (χ0) is 22.4. The number of ether oxygens (including phenoxy) is 1. The van der Waals surface area contributed by atoms with Crippen molar-refractivity contribution in [2.75, 3.05) is 31.1 Å². The molecule has 1 aromatic carbocycles. The standard InChI is InChI=1S/C16H18N4OS.C5H12O.C2H6/c1-11-4-5-13(18-10-21)7-14(11)19-16-20-15(9-22-16)12-3-2-6-17-8-12;1-5(2)4-6-3;1-2/h2-9,16,18-21H,10H2,1H3;5H,4H2,1-3H3;1-2H3. The number of aryl methyl sites for hydroxylation is 1. The van der Waals surface area contributed by atoms with Gasteiger partial charge in [0.15, 0.2) is 0 Å². The molecule has 1 aliphatic heterocycles. The van der Waals surface area contributed by atoms with Gasteiger partial charge in [-0.1, -0.05) is 45.5 Å². The summed E-state index contributed by atoms with van der Waals surface area (Å²) in [6.07, 6.45) is 3.61. The van der Waals surface area contributed by atoms with Gasteiger partial charge < -0.3 is 25.8 Å². The Labute approximate surface area is 185 Å². The van der Waals surface area contributed by atoms with E-state index in [1.54, 1.807) is 25.1 Å². The highest BCUT2D eigenvalue weighted by molar-refractivity contribution is 8.03. The molecule has 1 aromatic heterocycles. The van der Waals surface area contributed by atoms with Crippen LogP contribution in [0.4, 0.5) is 11.4 Å². The first-order valence-corrected chi connectivity index (χ1v) is 11.2. The molecule has 7 heteroatoms. The minimum atomic E-state index is -0.0777. The molecule has 0 fully saturated rings. The van der Waals surface area contributed by atoms with Crippen LogP contribution in [0.3, 0.4) is 0 Å². The van der Waals surface area contributed by atoms with Crippen molar-refractivity contribution in [3.63, 3.8) is 0 Å². The second kappa shape index (κ2) is 14.7. The first-order valence-electron chi connectivity index (χ1n) is 10.3. The van der Waals surface area contributed by atoms with Crippen LogP contribution in [0.2, 0.25) is 0 Å². The number of nitrogens with zero attached hydrogens (tertiary/aromatic N) is 1. The number of aliphatic hydroxyl groups is 1. The zero-order valence-corrected chi connectivity index (χ0v) is 19.7. The lowest BCUT2D eigenvalue weighted by Gasteiger charge is -2.18. The molecule has 1 aliphatic rings. The molecule has 0 amide bonds. The predicted octanol–water partition coefficient (Wildman–Crippen LogP) is 5.10. The Bertz CT molecular complexity index is 754. The summed E-state index contributed by atoms with van der Waals surface area (Å²) in [4.78, 5) is 4.14. The molecule has 4 N–H and O–H groups in total. The van der Waals surface area contributed by atoms with Gasteiger partial charge in [0, 0.05) is 43.0 Å². The molecular weight excluding hydrogens is 396 g/mol. The lowest BCUT2D eigenvalue weighted by molar-refractivity contribution is 0.167. The van der Waals surface area contributed by atoms with Gasteiger partial charge in [-0.15, -0.1) is 0 Å². The van der Waals surface area contributed by atoms with Crippen LogP contribution in [0, 0.1) is 12.8 Å². The van der Waals surface area contributed by atoms with E-state index in [4.69, 9.17) is 9.84 Å². The maximum atomic E-state index is 8.96. The number of methoxy groups -OCH3 is 1. The third-order valence-electron chi connectivity index (χ3n) is 3.89. The molecule has 2 aromatic rings. The van der Waals surface area contributed by atoms with Gasteiger partial charge >= 0.3 is 0 Å². The van der Waals surface area contributed by atoms with E-state index >= 15 is 0 Å². The van der Waals surface area contributed by atoms with Crippen LogP contribution in [0.5, 0.6) is 0 Å². The number of anilines is 2. The smallest absolute Gasteiger partial charge is 0.149 e. The number of nitrogens with one attached hydrogen (secondary N) is 3. The van der Waals surface area contributed by atoms with Gasteiger partial charge in [-0.2, -0.15) is 0 Å². The molecule has 0 saturated carbocycles. The van der Waals surface area contributed by atoms with E-state index in [0.717, 1.165) is 34.8 Å². The van der Waals surface area contributed by atoms with E-state index in [1.165, 1.54) is 0 Å². The normalized spacial score (nSPS) is 14.5. The fourth-order valence-corrected chi connectivity index (χ4v) is 3.41. The summed E-state index contributed by atoms with van der Waals surface area (Å²) in [6.45, 7) is 11.1. The van der Waals surface area contributed by atoms with Crippen LogP contribution >= 0.6 is 11.8 Å². The highest BCUT2D eigenvalue weighted by Gasteiger charge is 2.18. The maximum absolute atomic E-state index is 8.96. The second-order valence-corrected chi connectivity index (χ2v) is 7.77. The molecule has 6 nitrogen and oxygen atoms in total. The van der Waals surface area contributed by atoms with E-state index in [1.807, 2.05) is 50.4 Å². The van der Waals surface area contributed by atoms with Gasteiger partial charge in [0.25, 0.3) is 0 Å². The predicted molar refractivity (Wildman–Crippen MR) is 130 cm³/mol. The summed E-state index contributed by atoms with van der Waals surface area (Å²) in [5.41, 5.74) is 5.28. The third-order valence-corrected chi connectivity index (χ3v) is 4.77. The van der Waals surface area contributed by atoms with E-state index in [-0.39, 0.29) is 12.2 Å². The topological polar surface area (TPSA) is 78.4 Å². The number of rotatable bonds is 7. The van der Waals surface area contributed by atoms with Crippen molar-refractivity contribution >= 4 is 28.8 Å². The monoisotopic (exact) mass is 432 g/mol. The number of hydrogen-bond donors (Lipinski definition) is 4. The quantitative estimate of drug-likeness (QED) is 0.454. The summed E-state index contributed by atoms with van der Waals surface area (Å²) in [5, 5.41) is 20.9. The van der Waals surface area contributed by atoms with Crippen LogP contribution in [0.15, 0.2) is 48.1 Å². The van der Waals surface area contributed by atoms with Gasteiger partial charge in [0.05, 0.1) is 5.70 Å². The van der Waals surface area contributed by atoms with Crippen molar-refractivity contribution in [2.24, 2.45) is 5.92 Å². The van der Waals surface area contributed by atoms with Crippen molar-refractivity contribution in [2.45, 2.75) is 40.1 Å². The maximum Gasteiger partial charge on any atom is 0.149 e. The van der Waals surface area contributed by atoms with E-state index in [2.05, 4.69) is 47.1 Å². The van der Waals surface area contributed by atoms with Crippen molar-refractivity contribution < 1.29 is 9.84 Å². The van der Waals surface area contributed by atoms with Gasteiger partial charge in [-0.05, 0) is 48.1 Å². The first-order chi connectivity index (χ1) is 14.5. The molecule has 3 rings (SSSR count). The van der Waals surface area contributed by atoms with Crippen molar-refractivity contribution in [3.05, 3.63) is 59.3 Å². The highest BCUT2D eigenvalue weighted by atomic mass is 32.2. The number of aromatic nitrogens is 1. The van der Waals surface area contributed by atoms with Crippen LogP contribution in [0.25, 0.3) is 5.70 Å². The third kappa shape index (κ3) is 9.07. The molecule has 0 spiro atoms. The fraction of sp³-hybridized carbons (Fsp3) is 0.435. The van der Waals surface area contributed by atoms with Gasteiger partial charge in [-0.25, -0.2) is 0 Å². The molecular formula is C23H36N4O2S. The average molecular weight is 433 g/mol. The minimum Gasteiger partial charge on any atom is -0.384 e. The largest absolute Gasteiger partial charge is 0.384 e. The molecule has 166 valence electrons. The Morgan fingerprint density at radius 2 is 2.03 bits per heavy atom. The SMILES string of the molecule is CC.COCC(C)C.Cc1ccc(NCO)cc1NC1NC(c2cccnc2)=CS1. The van der Waals surface area contributed by atoms with Crippen LogP contribution in [-0.4, -0.2) is 36.0 Å². The average Bonchev–Trinajstić information content (AvgIpc) is 3.22. The fourth-order valence-electron chi connectivity index (χ4n) is 2.54. The summed E-state index contributed by atoms with van der Waals surface area (Å²) in [5.74, 6) is 0.676. The van der Waals surface area contributed by atoms with Crippen molar-refractivity contribution in [1.82, 2.24) is 10.3 Å². The summed E-state index contributed by atoms with van der Waals surface area (Å²) < 4.78 is 4.80. The van der Waals surface area contributed by atoms with Gasteiger partial charge in [0.2, 0.25) is 0 Å². The number of benzene rings is 1. The number of thioether (sulfide) groups is 1. The highest BCUT2D eigenvalue weighted by Crippen LogP contribution is 2.29.